The van der Waals surface area contributed by atoms with E-state index in [0.29, 0.717) is 29.2 Å². The molecule has 2 atom stereocenters. The smallest absolute Gasteiger partial charge is 0.407 e. The number of aromatic nitrogens is 4. The average Bonchev–Trinajstić information content (AvgIpc) is 3.50. The number of anilines is 1. The van der Waals surface area contributed by atoms with Gasteiger partial charge in [0, 0.05) is 36.8 Å². The molecule has 1 aliphatic carbocycles. The van der Waals surface area contributed by atoms with Gasteiger partial charge >= 0.3 is 12.1 Å². The number of methoxy groups -OCH3 is 1. The summed E-state index contributed by atoms with van der Waals surface area (Å²) in [6.07, 6.45) is 5.77. The number of esters is 1. The Hall–Kier alpha value is -2.56. The van der Waals surface area contributed by atoms with Crippen molar-refractivity contribution in [3.05, 3.63) is 28.1 Å². The second-order valence-corrected chi connectivity index (χ2v) is 10.8. The topological polar surface area (TPSA) is 126 Å². The van der Waals surface area contributed by atoms with Crippen LogP contribution in [0.5, 0.6) is 0 Å². The number of carbonyl (C=O) groups is 2. The van der Waals surface area contributed by atoms with Crippen molar-refractivity contribution >= 4 is 33.8 Å². The van der Waals surface area contributed by atoms with E-state index in [9.17, 15) is 9.59 Å². The average molecular weight is 554 g/mol. The van der Waals surface area contributed by atoms with Crippen LogP contribution in [-0.2, 0) is 21.6 Å². The number of nitrogens with zero attached hydrogens (tertiary/aromatic N) is 4. The zero-order chi connectivity index (χ0) is 25.6. The molecular formula is C24H37BrN6O4. The van der Waals surface area contributed by atoms with Crippen molar-refractivity contribution in [3.63, 3.8) is 0 Å². The molecule has 1 amide bonds. The van der Waals surface area contributed by atoms with Crippen LogP contribution in [0.4, 0.5) is 10.6 Å². The van der Waals surface area contributed by atoms with Gasteiger partial charge in [0.1, 0.15) is 22.2 Å². The van der Waals surface area contributed by atoms with Crippen molar-refractivity contribution < 1.29 is 19.1 Å². The molecular weight excluding hydrogens is 516 g/mol. The molecule has 35 heavy (non-hydrogen) atoms. The minimum Gasteiger partial charge on any atom is -0.464 e. The fraction of sp³-hybridized carbons (Fsp3) is 0.667. The maximum Gasteiger partial charge on any atom is 0.407 e. The first-order valence-electron chi connectivity index (χ1n) is 12.2. The number of ether oxygens (including phenoxy) is 2. The lowest BCUT2D eigenvalue weighted by molar-refractivity contribution is 0.0586. The van der Waals surface area contributed by atoms with Crippen LogP contribution in [0.1, 0.15) is 87.8 Å². The Morgan fingerprint density at radius 2 is 1.91 bits per heavy atom. The third kappa shape index (κ3) is 7.46. The lowest BCUT2D eigenvalue weighted by Gasteiger charge is -2.24. The number of alkyl carbamates (subject to hydrolysis) is 1. The van der Waals surface area contributed by atoms with Crippen molar-refractivity contribution in [2.45, 2.75) is 89.8 Å². The Morgan fingerprint density at radius 3 is 2.63 bits per heavy atom. The number of hydrogen-bond donors (Lipinski definition) is 2. The fourth-order valence-corrected chi connectivity index (χ4v) is 4.92. The van der Waals surface area contributed by atoms with E-state index in [0.717, 1.165) is 50.6 Å². The molecule has 10 nitrogen and oxygen atoms in total. The molecule has 0 aromatic carbocycles. The van der Waals surface area contributed by atoms with Crippen LogP contribution in [-0.4, -0.2) is 51.4 Å². The number of unbranched alkanes of at least 4 members (excludes halogenated alkanes) is 3. The molecule has 2 aromatic rings. The summed E-state index contributed by atoms with van der Waals surface area (Å²) in [6.45, 7) is 7.53. The van der Waals surface area contributed by atoms with Gasteiger partial charge in [-0.25, -0.2) is 9.59 Å². The van der Waals surface area contributed by atoms with Crippen LogP contribution in [0.15, 0.2) is 16.7 Å². The molecule has 194 valence electrons. The summed E-state index contributed by atoms with van der Waals surface area (Å²) in [6, 6.07) is 3.60. The molecule has 1 aliphatic rings. The number of rotatable bonds is 10. The summed E-state index contributed by atoms with van der Waals surface area (Å²) < 4.78 is 14.7. The summed E-state index contributed by atoms with van der Waals surface area (Å²) in [5.41, 5.74) is 7.36. The van der Waals surface area contributed by atoms with Gasteiger partial charge in [-0.2, -0.15) is 10.2 Å². The van der Waals surface area contributed by atoms with Crippen LogP contribution in [0.25, 0.3) is 0 Å². The Morgan fingerprint density at radius 1 is 1.17 bits per heavy atom. The molecule has 11 heteroatoms. The van der Waals surface area contributed by atoms with E-state index in [1.165, 1.54) is 7.11 Å². The zero-order valence-electron chi connectivity index (χ0n) is 21.1. The van der Waals surface area contributed by atoms with Crippen molar-refractivity contribution in [1.82, 2.24) is 24.9 Å². The van der Waals surface area contributed by atoms with Gasteiger partial charge in [0.25, 0.3) is 0 Å². The van der Waals surface area contributed by atoms with Crippen LogP contribution < -0.4 is 11.1 Å². The molecule has 2 heterocycles. The number of nitrogens with one attached hydrogen (secondary N) is 1. The molecule has 3 N–H and O–H groups in total. The summed E-state index contributed by atoms with van der Waals surface area (Å²) >= 11 is 3.29. The lowest BCUT2D eigenvalue weighted by atomic mass is 10.0. The monoisotopic (exact) mass is 552 g/mol. The molecule has 0 aliphatic heterocycles. The van der Waals surface area contributed by atoms with Crippen molar-refractivity contribution in [1.29, 1.82) is 0 Å². The van der Waals surface area contributed by atoms with Crippen LogP contribution >= 0.6 is 15.9 Å². The van der Waals surface area contributed by atoms with Gasteiger partial charge in [-0.15, -0.1) is 0 Å². The first kappa shape index (κ1) is 27.0. The largest absolute Gasteiger partial charge is 0.464 e. The SMILES string of the molecule is COC(=O)c1cc(Br)nn1CCCCCCNC(=O)O[C@@H]1CC[C@H](c2cc(N)nn2C(C)(C)C)C1. The summed E-state index contributed by atoms with van der Waals surface area (Å²) in [7, 11) is 1.36. The van der Waals surface area contributed by atoms with Crippen molar-refractivity contribution in [3.8, 4) is 0 Å². The highest BCUT2D eigenvalue weighted by Gasteiger charge is 2.33. The minimum atomic E-state index is -0.400. The summed E-state index contributed by atoms with van der Waals surface area (Å²) in [4.78, 5) is 24.0. The minimum absolute atomic E-state index is 0.0954. The second-order valence-electron chi connectivity index (χ2n) is 10.0. The second kappa shape index (κ2) is 11.9. The number of nitrogen functional groups attached to an aromatic ring is 1. The fourth-order valence-electron chi connectivity index (χ4n) is 4.51. The molecule has 2 aromatic heterocycles. The third-order valence-electron chi connectivity index (χ3n) is 6.18. The molecule has 0 radical (unpaired) electrons. The van der Waals surface area contributed by atoms with Gasteiger partial charge in [-0.1, -0.05) is 12.8 Å². The van der Waals surface area contributed by atoms with Gasteiger partial charge in [0.05, 0.1) is 12.6 Å². The standard InChI is InChI=1S/C24H37BrN6O4/c1-24(2,3)31-18(15-21(26)29-31)16-9-10-17(13-16)35-23(33)27-11-7-5-6-8-12-30-19(22(32)34-4)14-20(25)28-30/h14-17H,5-13H2,1-4H3,(H2,26,29)(H,27,33)/t16-,17+/m0/s1. The van der Waals surface area contributed by atoms with E-state index in [1.807, 2.05) is 10.7 Å². The van der Waals surface area contributed by atoms with E-state index in [4.69, 9.17) is 15.2 Å². The summed E-state index contributed by atoms with van der Waals surface area (Å²) in [5, 5.41) is 11.6. The van der Waals surface area contributed by atoms with Gasteiger partial charge in [0.15, 0.2) is 0 Å². The zero-order valence-corrected chi connectivity index (χ0v) is 22.6. The molecule has 0 spiro atoms. The molecule has 3 rings (SSSR count). The molecule has 0 unspecified atom stereocenters. The highest BCUT2D eigenvalue weighted by molar-refractivity contribution is 9.10. The Balaban J connectivity index is 1.32. The van der Waals surface area contributed by atoms with E-state index in [-0.39, 0.29) is 23.7 Å². The Labute approximate surface area is 215 Å². The third-order valence-corrected chi connectivity index (χ3v) is 6.57. The highest BCUT2D eigenvalue weighted by Crippen LogP contribution is 2.38. The van der Waals surface area contributed by atoms with E-state index >= 15 is 0 Å². The Bertz CT molecular complexity index is 1010. The lowest BCUT2D eigenvalue weighted by Crippen LogP contribution is -2.29. The van der Waals surface area contributed by atoms with Gasteiger partial charge < -0.3 is 20.5 Å². The molecule has 0 bridgehead atoms. The normalized spacial score (nSPS) is 18.0. The Kier molecular flexibility index (Phi) is 9.21. The first-order valence-corrected chi connectivity index (χ1v) is 13.0. The van der Waals surface area contributed by atoms with Gasteiger partial charge in [-0.3, -0.25) is 9.36 Å². The number of nitrogens with two attached hydrogens (primary N) is 1. The van der Waals surface area contributed by atoms with Gasteiger partial charge in [-0.05, 0) is 68.8 Å². The predicted molar refractivity (Wildman–Crippen MR) is 136 cm³/mol. The molecule has 1 fully saturated rings. The van der Waals surface area contributed by atoms with Crippen molar-refractivity contribution in [2.75, 3.05) is 19.4 Å². The highest BCUT2D eigenvalue weighted by atomic mass is 79.9. The predicted octanol–water partition coefficient (Wildman–Crippen LogP) is 4.59. The van der Waals surface area contributed by atoms with Crippen LogP contribution in [0.2, 0.25) is 0 Å². The summed E-state index contributed by atoms with van der Waals surface area (Å²) in [5.74, 6) is 0.411. The van der Waals surface area contributed by atoms with E-state index in [1.54, 1.807) is 10.7 Å². The number of aryl methyl sites for hydroxylation is 1. The molecule has 0 saturated heterocycles. The quantitative estimate of drug-likeness (QED) is 0.326. The number of carbonyl (C=O) groups excluding carboxylic acids is 2. The van der Waals surface area contributed by atoms with Crippen molar-refractivity contribution in [2.24, 2.45) is 0 Å². The number of amides is 1. The number of halogens is 1. The maximum absolute atomic E-state index is 12.2. The van der Waals surface area contributed by atoms with E-state index in [2.05, 4.69) is 52.2 Å². The maximum atomic E-state index is 12.2. The van der Waals surface area contributed by atoms with Crippen LogP contribution in [0.3, 0.4) is 0 Å². The first-order chi connectivity index (χ1) is 16.6. The number of hydrogen-bond acceptors (Lipinski definition) is 7. The van der Waals surface area contributed by atoms with Crippen LogP contribution in [0, 0.1) is 0 Å². The molecule has 1 saturated carbocycles. The van der Waals surface area contributed by atoms with Gasteiger partial charge in [0.2, 0.25) is 0 Å². The van der Waals surface area contributed by atoms with E-state index < -0.39 is 5.97 Å².